The third-order valence-electron chi connectivity index (χ3n) is 1.01. The molecule has 0 aliphatic rings. The van der Waals surface area contributed by atoms with Gasteiger partial charge in [-0.05, 0) is 0 Å². The number of hydrogen-bond donors (Lipinski definition) is 0. The van der Waals surface area contributed by atoms with Gasteiger partial charge in [0.2, 0.25) is 0 Å². The fraction of sp³-hybridized carbons (Fsp3) is 1.00. The van der Waals surface area contributed by atoms with Crippen LogP contribution in [0, 0.1) is 0 Å². The Balaban J connectivity index is 3.79. The van der Waals surface area contributed by atoms with E-state index in [4.69, 9.17) is 20.9 Å². The van der Waals surface area contributed by atoms with Crippen LogP contribution in [0.15, 0.2) is 0 Å². The topological polar surface area (TPSA) is 18.5 Å². The summed E-state index contributed by atoms with van der Waals surface area (Å²) in [6.45, 7) is 5.58. The Morgan fingerprint density at radius 3 is 1.92 bits per heavy atom. The van der Waals surface area contributed by atoms with E-state index < -0.39 is 5.69 Å². The Bertz CT molecular complexity index is 144. The van der Waals surface area contributed by atoms with Crippen molar-refractivity contribution >= 4 is 47.6 Å². The van der Waals surface area contributed by atoms with Crippen molar-refractivity contribution in [3.63, 3.8) is 0 Å². The van der Waals surface area contributed by atoms with Gasteiger partial charge < -0.3 is 0 Å². The Morgan fingerprint density at radius 2 is 1.67 bits per heavy atom. The zero-order chi connectivity index (χ0) is 9.45. The molecule has 0 saturated heterocycles. The summed E-state index contributed by atoms with van der Waals surface area (Å²) in [6, 6.07) is 0. The van der Waals surface area contributed by atoms with Gasteiger partial charge in [-0.1, -0.05) is 0 Å². The molecular weight excluding hydrogens is 321 g/mol. The van der Waals surface area contributed by atoms with E-state index in [0.29, 0.717) is 0 Å². The van der Waals surface area contributed by atoms with Gasteiger partial charge in [0, 0.05) is 0 Å². The minimum atomic E-state index is -1.96. The average Bonchev–Trinajstić information content (AvgIpc) is 2.11. The summed E-state index contributed by atoms with van der Waals surface area (Å²) < 4.78 is 11.0. The van der Waals surface area contributed by atoms with Gasteiger partial charge in [-0.15, -0.1) is 0 Å². The van der Waals surface area contributed by atoms with Crippen LogP contribution in [0.25, 0.3) is 0 Å². The molecule has 0 bridgehead atoms. The van der Waals surface area contributed by atoms with Gasteiger partial charge in [-0.3, -0.25) is 0 Å². The van der Waals surface area contributed by atoms with Crippen LogP contribution in [-0.4, -0.2) is 34.8 Å². The van der Waals surface area contributed by atoms with E-state index in [9.17, 15) is 0 Å². The maximum absolute atomic E-state index is 5.51. The van der Waals surface area contributed by atoms with Crippen LogP contribution in [0.1, 0.15) is 26.7 Å². The number of hydrogen-bond acceptors (Lipinski definition) is 4. The predicted octanol–water partition coefficient (Wildman–Crippen LogP) is 2.88. The molecule has 0 spiro atoms. The molecule has 0 aromatic carbocycles. The molecular formula is C6H14O2PS2Sb. The zero-order valence-corrected chi connectivity index (χ0v) is 12.4. The maximum atomic E-state index is 5.51. The van der Waals surface area contributed by atoms with Gasteiger partial charge in [-0.2, -0.15) is 0 Å². The minimum absolute atomic E-state index is 0.718. The van der Waals surface area contributed by atoms with Crippen LogP contribution in [0.4, 0.5) is 0 Å². The Hall–Kier alpha value is 1.74. The van der Waals surface area contributed by atoms with Gasteiger partial charge in [-0.25, -0.2) is 0 Å². The van der Waals surface area contributed by atoms with Crippen molar-refractivity contribution in [3.8, 4) is 0 Å². The average molecular weight is 335 g/mol. The molecule has 2 nitrogen and oxygen atoms in total. The first-order valence-corrected chi connectivity index (χ1v) is 11.0. The van der Waals surface area contributed by atoms with Crippen LogP contribution in [0.5, 0.6) is 0 Å². The molecule has 6 heteroatoms. The first-order chi connectivity index (χ1) is 5.68. The monoisotopic (exact) mass is 334 g/mol. The SMILES string of the molecule is CCCOP(=S)(OCCC)[S][Sb]. The molecule has 2 radical (unpaired) electrons. The van der Waals surface area contributed by atoms with Gasteiger partial charge in [0.1, 0.15) is 0 Å². The fourth-order valence-corrected chi connectivity index (χ4v) is 5.07. The fourth-order valence-electron chi connectivity index (χ4n) is 0.491. The molecule has 0 heterocycles. The molecule has 0 atom stereocenters. The third-order valence-corrected chi connectivity index (χ3v) is 13.2. The summed E-state index contributed by atoms with van der Waals surface area (Å²) in [6.07, 6.45) is 2.00. The molecule has 0 fully saturated rings. The van der Waals surface area contributed by atoms with Crippen LogP contribution < -0.4 is 0 Å². The van der Waals surface area contributed by atoms with Crippen molar-refractivity contribution in [2.75, 3.05) is 13.2 Å². The molecule has 0 aliphatic carbocycles. The Kier molecular flexibility index (Phi) is 9.25. The van der Waals surface area contributed by atoms with Crippen LogP contribution >= 0.6 is 14.2 Å². The van der Waals surface area contributed by atoms with Crippen LogP contribution in [0.2, 0.25) is 0 Å². The normalized spacial score (nSPS) is 11.9. The quantitative estimate of drug-likeness (QED) is 0.526. The van der Waals surface area contributed by atoms with Crippen molar-refractivity contribution in [2.45, 2.75) is 26.7 Å². The predicted molar refractivity (Wildman–Crippen MR) is 60.1 cm³/mol. The summed E-state index contributed by atoms with van der Waals surface area (Å²) >= 11 is 6.88. The molecule has 72 valence electrons. The van der Waals surface area contributed by atoms with E-state index in [1.165, 1.54) is 0 Å². The summed E-state index contributed by atoms with van der Waals surface area (Å²) in [5.74, 6) is 0. The van der Waals surface area contributed by atoms with Crippen molar-refractivity contribution < 1.29 is 9.05 Å². The second-order valence-electron chi connectivity index (χ2n) is 2.20. The third kappa shape index (κ3) is 6.23. The molecule has 0 saturated carbocycles. The summed E-state index contributed by atoms with van der Waals surface area (Å²) in [7, 11) is 1.58. The molecule has 0 aliphatic heterocycles. The van der Waals surface area contributed by atoms with E-state index in [1.54, 1.807) is 30.1 Å². The van der Waals surface area contributed by atoms with Crippen molar-refractivity contribution in [2.24, 2.45) is 0 Å². The second-order valence-corrected chi connectivity index (χ2v) is 12.0. The van der Waals surface area contributed by atoms with E-state index >= 15 is 0 Å². The molecule has 0 rings (SSSR count). The van der Waals surface area contributed by atoms with Crippen molar-refractivity contribution in [1.29, 1.82) is 0 Å². The molecule has 12 heavy (non-hydrogen) atoms. The first-order valence-electron chi connectivity index (χ1n) is 3.90. The number of rotatable bonds is 7. The van der Waals surface area contributed by atoms with Crippen molar-refractivity contribution in [1.82, 2.24) is 0 Å². The standard InChI is InChI=1S/C6H15O2PS2.Sb/c1-3-5-7-9(10,11)8-6-4-2;/h3-6H2,1-2H3,(H,10,11);/q;+1/p-1. The summed E-state index contributed by atoms with van der Waals surface area (Å²) in [5.41, 5.74) is -1.96. The zero-order valence-electron chi connectivity index (χ0n) is 7.36. The first kappa shape index (κ1) is 13.7. The Labute approximate surface area is 96.0 Å². The van der Waals surface area contributed by atoms with Crippen LogP contribution in [-0.2, 0) is 20.9 Å². The molecule has 0 amide bonds. The Morgan fingerprint density at radius 1 is 1.25 bits per heavy atom. The molecule has 0 N–H and O–H groups in total. The molecule has 0 unspecified atom stereocenters. The van der Waals surface area contributed by atoms with E-state index in [2.05, 4.69) is 13.8 Å². The second kappa shape index (κ2) is 8.08. The van der Waals surface area contributed by atoms with Gasteiger partial charge in [0.05, 0.1) is 0 Å². The summed E-state index contributed by atoms with van der Waals surface area (Å²) in [4.78, 5) is 0. The molecule has 0 aromatic rings. The van der Waals surface area contributed by atoms with Gasteiger partial charge >= 0.3 is 96.5 Å². The summed E-state index contributed by atoms with van der Waals surface area (Å²) in [5, 5.41) is 0. The van der Waals surface area contributed by atoms with E-state index in [0.717, 1.165) is 26.1 Å². The van der Waals surface area contributed by atoms with Gasteiger partial charge in [0.15, 0.2) is 0 Å². The molecule has 0 aromatic heterocycles. The van der Waals surface area contributed by atoms with E-state index in [1.807, 2.05) is 0 Å². The van der Waals surface area contributed by atoms with Crippen molar-refractivity contribution in [3.05, 3.63) is 0 Å². The van der Waals surface area contributed by atoms with E-state index in [-0.39, 0.29) is 0 Å². The van der Waals surface area contributed by atoms with Gasteiger partial charge in [0.25, 0.3) is 0 Å². The van der Waals surface area contributed by atoms with Crippen LogP contribution in [0.3, 0.4) is 0 Å².